The van der Waals surface area contributed by atoms with E-state index in [4.69, 9.17) is 4.74 Å². The Hall–Kier alpha value is 0.230. The van der Waals surface area contributed by atoms with Crippen LogP contribution in [0.4, 0.5) is 0 Å². The van der Waals surface area contributed by atoms with E-state index in [1.54, 1.807) is 0 Å². The van der Waals surface area contributed by atoms with Gasteiger partial charge in [-0.3, -0.25) is 4.90 Å². The fraction of sp³-hybridized carbons (Fsp3) is 1.00. The van der Waals surface area contributed by atoms with Crippen LogP contribution in [0.15, 0.2) is 0 Å². The number of likely N-dealkylation sites (N-methyl/N-ethyl adjacent to an activating group) is 1. The second-order valence-corrected chi connectivity index (χ2v) is 7.61. The van der Waals surface area contributed by atoms with E-state index < -0.39 is 0 Å². The first kappa shape index (κ1) is 14.2. The maximum absolute atomic E-state index is 6.24. The van der Waals surface area contributed by atoms with Crippen molar-refractivity contribution in [2.75, 3.05) is 38.2 Å². The van der Waals surface area contributed by atoms with E-state index in [2.05, 4.69) is 29.0 Å². The van der Waals surface area contributed by atoms with E-state index in [1.807, 2.05) is 0 Å². The lowest BCUT2D eigenvalue weighted by molar-refractivity contribution is -0.111. The summed E-state index contributed by atoms with van der Waals surface area (Å²) in [6, 6.07) is 1.54. The van der Waals surface area contributed by atoms with Crippen molar-refractivity contribution >= 4 is 11.8 Å². The molecule has 0 aliphatic carbocycles. The van der Waals surface area contributed by atoms with Crippen molar-refractivity contribution in [1.82, 2.24) is 10.2 Å². The molecule has 3 heterocycles. The normalized spacial score (nSPS) is 35.8. The third-order valence-corrected chi connectivity index (χ3v) is 6.19. The van der Waals surface area contributed by atoms with Crippen molar-refractivity contribution in [3.63, 3.8) is 0 Å². The molecule has 0 aromatic heterocycles. The van der Waals surface area contributed by atoms with Gasteiger partial charge in [0, 0.05) is 25.2 Å². The third-order valence-electron chi connectivity index (χ3n) is 5.20. The SMILES string of the molecule is CNCC1CCCN1C1CCOC2(CCSCC2)C1. The molecule has 0 radical (unpaired) electrons. The lowest BCUT2D eigenvalue weighted by atomic mass is 9.84. The van der Waals surface area contributed by atoms with Crippen molar-refractivity contribution in [3.8, 4) is 0 Å². The van der Waals surface area contributed by atoms with Crippen LogP contribution in [-0.2, 0) is 4.74 Å². The molecule has 19 heavy (non-hydrogen) atoms. The average Bonchev–Trinajstić information content (AvgIpc) is 2.88. The van der Waals surface area contributed by atoms with Gasteiger partial charge in [-0.2, -0.15) is 11.8 Å². The number of rotatable bonds is 3. The van der Waals surface area contributed by atoms with Gasteiger partial charge in [-0.15, -0.1) is 0 Å². The summed E-state index contributed by atoms with van der Waals surface area (Å²) in [7, 11) is 2.08. The molecule has 0 amide bonds. The molecule has 3 nitrogen and oxygen atoms in total. The van der Waals surface area contributed by atoms with Crippen LogP contribution in [0.2, 0.25) is 0 Å². The highest BCUT2D eigenvalue weighted by Gasteiger charge is 2.42. The number of hydrogen-bond donors (Lipinski definition) is 1. The van der Waals surface area contributed by atoms with Crippen LogP contribution in [0, 0.1) is 0 Å². The van der Waals surface area contributed by atoms with Gasteiger partial charge in [0.1, 0.15) is 0 Å². The molecular weight excluding hydrogens is 256 g/mol. The number of hydrogen-bond acceptors (Lipinski definition) is 4. The van der Waals surface area contributed by atoms with Gasteiger partial charge in [0.15, 0.2) is 0 Å². The zero-order valence-corrected chi connectivity index (χ0v) is 13.0. The molecular formula is C15H28N2OS. The predicted octanol–water partition coefficient (Wildman–Crippen LogP) is 2.11. The summed E-state index contributed by atoms with van der Waals surface area (Å²) in [5.74, 6) is 2.60. The standard InChI is InChI=1S/C15H28N2OS/c1-16-12-14-3-2-7-17(14)13-4-8-18-15(11-13)5-9-19-10-6-15/h13-14,16H,2-12H2,1H3. The van der Waals surface area contributed by atoms with Gasteiger partial charge in [0.2, 0.25) is 0 Å². The molecule has 3 aliphatic rings. The predicted molar refractivity (Wildman–Crippen MR) is 81.9 cm³/mol. The van der Waals surface area contributed by atoms with Gasteiger partial charge in [0.25, 0.3) is 0 Å². The van der Waals surface area contributed by atoms with Crippen LogP contribution in [0.1, 0.15) is 38.5 Å². The quantitative estimate of drug-likeness (QED) is 0.858. The lowest BCUT2D eigenvalue weighted by Gasteiger charge is -2.47. The topological polar surface area (TPSA) is 24.5 Å². The van der Waals surface area contributed by atoms with Crippen molar-refractivity contribution < 1.29 is 4.74 Å². The number of ether oxygens (including phenoxy) is 1. The second kappa shape index (κ2) is 6.33. The van der Waals surface area contributed by atoms with E-state index in [-0.39, 0.29) is 5.60 Å². The lowest BCUT2D eigenvalue weighted by Crippen LogP contribution is -2.52. The molecule has 4 heteroatoms. The zero-order chi connectivity index (χ0) is 13.1. The Labute approximate surface area is 121 Å². The highest BCUT2D eigenvalue weighted by Crippen LogP contribution is 2.40. The Balaban J connectivity index is 1.64. The van der Waals surface area contributed by atoms with Crippen LogP contribution >= 0.6 is 11.8 Å². The second-order valence-electron chi connectivity index (χ2n) is 6.38. The fourth-order valence-electron chi connectivity index (χ4n) is 4.17. The molecule has 1 N–H and O–H groups in total. The average molecular weight is 284 g/mol. The van der Waals surface area contributed by atoms with Crippen LogP contribution < -0.4 is 5.32 Å². The number of likely N-dealkylation sites (tertiary alicyclic amines) is 1. The summed E-state index contributed by atoms with van der Waals surface area (Å²) in [6.45, 7) is 3.44. The van der Waals surface area contributed by atoms with Gasteiger partial charge in [-0.05, 0) is 63.6 Å². The maximum Gasteiger partial charge on any atom is 0.0713 e. The molecule has 0 aromatic carbocycles. The number of nitrogens with one attached hydrogen (secondary N) is 1. The molecule has 3 aliphatic heterocycles. The molecule has 1 spiro atoms. The first-order valence-electron chi connectivity index (χ1n) is 7.95. The molecule has 2 unspecified atom stereocenters. The van der Waals surface area contributed by atoms with Gasteiger partial charge in [0.05, 0.1) is 5.60 Å². The van der Waals surface area contributed by atoms with Crippen LogP contribution in [0.25, 0.3) is 0 Å². The molecule has 3 fully saturated rings. The van der Waals surface area contributed by atoms with Gasteiger partial charge < -0.3 is 10.1 Å². The maximum atomic E-state index is 6.24. The molecule has 0 saturated carbocycles. The van der Waals surface area contributed by atoms with Crippen LogP contribution in [0.3, 0.4) is 0 Å². The van der Waals surface area contributed by atoms with Crippen LogP contribution in [0.5, 0.6) is 0 Å². The summed E-state index contributed by atoms with van der Waals surface area (Å²) >= 11 is 2.10. The molecule has 110 valence electrons. The summed E-state index contributed by atoms with van der Waals surface area (Å²) in [5.41, 5.74) is 0.237. The fourth-order valence-corrected chi connectivity index (χ4v) is 5.41. The monoisotopic (exact) mass is 284 g/mol. The smallest absolute Gasteiger partial charge is 0.0713 e. The Morgan fingerprint density at radius 2 is 2.16 bits per heavy atom. The van der Waals surface area contributed by atoms with Crippen molar-refractivity contribution in [3.05, 3.63) is 0 Å². The summed E-state index contributed by atoms with van der Waals surface area (Å²) < 4.78 is 6.24. The molecule has 0 aromatic rings. The number of thioether (sulfide) groups is 1. The van der Waals surface area contributed by atoms with Crippen molar-refractivity contribution in [2.45, 2.75) is 56.2 Å². The van der Waals surface area contributed by atoms with E-state index in [9.17, 15) is 0 Å². The van der Waals surface area contributed by atoms with Gasteiger partial charge in [-0.25, -0.2) is 0 Å². The third kappa shape index (κ3) is 3.12. The number of nitrogens with zero attached hydrogens (tertiary/aromatic N) is 1. The minimum absolute atomic E-state index is 0.237. The first-order valence-corrected chi connectivity index (χ1v) is 9.10. The zero-order valence-electron chi connectivity index (χ0n) is 12.2. The summed E-state index contributed by atoms with van der Waals surface area (Å²) in [5, 5.41) is 3.37. The summed E-state index contributed by atoms with van der Waals surface area (Å²) in [6.07, 6.45) is 7.84. The minimum atomic E-state index is 0.237. The van der Waals surface area contributed by atoms with Gasteiger partial charge in [-0.1, -0.05) is 0 Å². The van der Waals surface area contributed by atoms with Crippen molar-refractivity contribution in [1.29, 1.82) is 0 Å². The highest BCUT2D eigenvalue weighted by molar-refractivity contribution is 7.99. The Kier molecular flexibility index (Phi) is 4.73. The molecule has 3 saturated heterocycles. The summed E-state index contributed by atoms with van der Waals surface area (Å²) in [4.78, 5) is 2.79. The van der Waals surface area contributed by atoms with Crippen molar-refractivity contribution in [2.24, 2.45) is 0 Å². The minimum Gasteiger partial charge on any atom is -0.375 e. The van der Waals surface area contributed by atoms with Gasteiger partial charge >= 0.3 is 0 Å². The molecule has 3 rings (SSSR count). The van der Waals surface area contributed by atoms with E-state index in [0.29, 0.717) is 0 Å². The highest BCUT2D eigenvalue weighted by atomic mass is 32.2. The Bertz CT molecular complexity index is 288. The Morgan fingerprint density at radius 1 is 1.32 bits per heavy atom. The molecule has 2 atom stereocenters. The first-order chi connectivity index (χ1) is 9.33. The Morgan fingerprint density at radius 3 is 2.95 bits per heavy atom. The van der Waals surface area contributed by atoms with E-state index >= 15 is 0 Å². The van der Waals surface area contributed by atoms with E-state index in [1.165, 1.54) is 56.6 Å². The van der Waals surface area contributed by atoms with Crippen LogP contribution in [-0.4, -0.2) is 60.8 Å². The van der Waals surface area contributed by atoms with E-state index in [0.717, 1.165) is 25.2 Å². The molecule has 0 bridgehead atoms. The largest absolute Gasteiger partial charge is 0.375 e.